The number of H-pyrrole nitrogens is 2. The van der Waals surface area contributed by atoms with E-state index in [4.69, 9.17) is 0 Å². The third-order valence-corrected chi connectivity index (χ3v) is 3.71. The van der Waals surface area contributed by atoms with Crippen molar-refractivity contribution in [3.63, 3.8) is 0 Å². The number of anilines is 1. The minimum atomic E-state index is -0.575. The molecule has 21 heavy (non-hydrogen) atoms. The first kappa shape index (κ1) is 15.1. The molecule has 7 heteroatoms. The summed E-state index contributed by atoms with van der Waals surface area (Å²) in [6.07, 6.45) is 1.88. The van der Waals surface area contributed by atoms with Crippen LogP contribution in [0.15, 0.2) is 38.8 Å². The van der Waals surface area contributed by atoms with E-state index < -0.39 is 11.2 Å². The van der Waals surface area contributed by atoms with Crippen molar-refractivity contribution in [3.8, 4) is 0 Å². The number of aromatic nitrogens is 2. The molecule has 0 saturated heterocycles. The molecule has 1 aromatic carbocycles. The van der Waals surface area contributed by atoms with Crippen LogP contribution in [-0.2, 0) is 11.2 Å². The average molecular weight is 305 g/mol. The van der Waals surface area contributed by atoms with Crippen molar-refractivity contribution >= 4 is 23.4 Å². The second-order valence-corrected chi connectivity index (χ2v) is 5.34. The summed E-state index contributed by atoms with van der Waals surface area (Å²) in [5, 5.41) is 2.72. The highest BCUT2D eigenvalue weighted by Crippen LogP contribution is 2.17. The van der Waals surface area contributed by atoms with Crippen LogP contribution in [0, 0.1) is 6.92 Å². The van der Waals surface area contributed by atoms with E-state index in [1.165, 1.54) is 0 Å². The van der Waals surface area contributed by atoms with E-state index in [0.717, 1.165) is 4.90 Å². The summed E-state index contributed by atoms with van der Waals surface area (Å²) in [4.78, 5) is 40.4. The molecular formula is C14H15N3O3S. The maximum Gasteiger partial charge on any atom is 0.325 e. The smallest absolute Gasteiger partial charge is 0.325 e. The van der Waals surface area contributed by atoms with Gasteiger partial charge in [-0.3, -0.25) is 14.6 Å². The quantitative estimate of drug-likeness (QED) is 0.741. The Morgan fingerprint density at radius 3 is 2.43 bits per heavy atom. The Bertz CT molecular complexity index is 762. The van der Waals surface area contributed by atoms with E-state index in [1.807, 2.05) is 18.4 Å². The van der Waals surface area contributed by atoms with Gasteiger partial charge in [0.05, 0.1) is 6.42 Å². The number of aromatic amines is 2. The van der Waals surface area contributed by atoms with Crippen LogP contribution in [0.1, 0.15) is 11.3 Å². The summed E-state index contributed by atoms with van der Waals surface area (Å²) >= 11 is 1.61. The molecule has 110 valence electrons. The molecule has 0 fully saturated rings. The minimum absolute atomic E-state index is 0.0950. The molecule has 0 radical (unpaired) electrons. The summed E-state index contributed by atoms with van der Waals surface area (Å²) in [7, 11) is 0. The van der Waals surface area contributed by atoms with Gasteiger partial charge in [0.1, 0.15) is 0 Å². The Balaban J connectivity index is 2.11. The molecule has 0 spiro atoms. The van der Waals surface area contributed by atoms with E-state index in [0.29, 0.717) is 11.4 Å². The summed E-state index contributed by atoms with van der Waals surface area (Å²) in [5.74, 6) is -0.312. The van der Waals surface area contributed by atoms with Gasteiger partial charge in [0.25, 0.3) is 5.56 Å². The fourth-order valence-electron chi connectivity index (χ4n) is 1.88. The number of hydrogen-bond donors (Lipinski definition) is 3. The van der Waals surface area contributed by atoms with Crippen LogP contribution in [0.5, 0.6) is 0 Å². The van der Waals surface area contributed by atoms with E-state index in [2.05, 4.69) is 15.3 Å². The zero-order valence-electron chi connectivity index (χ0n) is 11.6. The highest BCUT2D eigenvalue weighted by Gasteiger charge is 2.11. The first-order valence-corrected chi connectivity index (χ1v) is 7.48. The zero-order chi connectivity index (χ0) is 15.4. The van der Waals surface area contributed by atoms with Crippen LogP contribution in [0.25, 0.3) is 0 Å². The molecule has 1 heterocycles. The lowest BCUT2D eigenvalue weighted by atomic mass is 10.1. The highest BCUT2D eigenvalue weighted by atomic mass is 32.2. The van der Waals surface area contributed by atoms with Gasteiger partial charge in [0.2, 0.25) is 5.91 Å². The number of hydrogen-bond acceptors (Lipinski definition) is 4. The van der Waals surface area contributed by atoms with Crippen molar-refractivity contribution in [2.45, 2.75) is 18.2 Å². The van der Waals surface area contributed by atoms with Gasteiger partial charge in [0.15, 0.2) is 0 Å². The predicted octanol–water partition coefficient (Wildman–Crippen LogP) is 1.27. The molecule has 6 nitrogen and oxygen atoms in total. The fourth-order valence-corrected chi connectivity index (χ4v) is 2.29. The largest absolute Gasteiger partial charge is 0.326 e. The van der Waals surface area contributed by atoms with Crippen molar-refractivity contribution < 1.29 is 4.79 Å². The third-order valence-electron chi connectivity index (χ3n) is 2.97. The van der Waals surface area contributed by atoms with E-state index in [-0.39, 0.29) is 17.9 Å². The van der Waals surface area contributed by atoms with Crippen molar-refractivity contribution in [1.29, 1.82) is 0 Å². The normalized spacial score (nSPS) is 10.4. The van der Waals surface area contributed by atoms with E-state index in [1.54, 1.807) is 30.8 Å². The number of nitrogens with one attached hydrogen (secondary N) is 3. The molecule has 0 saturated carbocycles. The summed E-state index contributed by atoms with van der Waals surface area (Å²) in [6, 6.07) is 7.40. The Kier molecular flexibility index (Phi) is 4.64. The Hall–Kier alpha value is -2.28. The Morgan fingerprint density at radius 1 is 1.19 bits per heavy atom. The zero-order valence-corrected chi connectivity index (χ0v) is 12.5. The number of benzene rings is 1. The van der Waals surface area contributed by atoms with Gasteiger partial charge in [-0.1, -0.05) is 0 Å². The molecule has 0 aliphatic heterocycles. The lowest BCUT2D eigenvalue weighted by Gasteiger charge is -2.07. The predicted molar refractivity (Wildman–Crippen MR) is 83.0 cm³/mol. The summed E-state index contributed by atoms with van der Waals surface area (Å²) in [6.45, 7) is 1.59. The lowest BCUT2D eigenvalue weighted by Crippen LogP contribution is -2.29. The average Bonchev–Trinajstić information content (AvgIpc) is 2.43. The number of carbonyl (C=O) groups excluding carboxylic acids is 1. The fraction of sp³-hybridized carbons (Fsp3) is 0.214. The van der Waals surface area contributed by atoms with Crippen LogP contribution < -0.4 is 16.6 Å². The van der Waals surface area contributed by atoms with Crippen LogP contribution in [0.2, 0.25) is 0 Å². The molecule has 3 N–H and O–H groups in total. The first-order chi connectivity index (χ1) is 9.99. The number of aryl methyl sites for hydroxylation is 1. The molecular weight excluding hydrogens is 290 g/mol. The van der Waals surface area contributed by atoms with Gasteiger partial charge in [-0.05, 0) is 37.4 Å². The number of thioether (sulfide) groups is 1. The molecule has 2 rings (SSSR count). The summed E-state index contributed by atoms with van der Waals surface area (Å²) < 4.78 is 0. The second-order valence-electron chi connectivity index (χ2n) is 4.47. The molecule has 1 amide bonds. The van der Waals surface area contributed by atoms with Crippen LogP contribution in [-0.4, -0.2) is 22.1 Å². The van der Waals surface area contributed by atoms with Crippen molar-refractivity contribution in [2.75, 3.05) is 11.6 Å². The van der Waals surface area contributed by atoms with Crippen molar-refractivity contribution in [3.05, 3.63) is 56.4 Å². The topological polar surface area (TPSA) is 94.8 Å². The lowest BCUT2D eigenvalue weighted by molar-refractivity contribution is -0.115. The molecule has 1 aromatic heterocycles. The van der Waals surface area contributed by atoms with Gasteiger partial charge < -0.3 is 10.3 Å². The van der Waals surface area contributed by atoms with Crippen LogP contribution in [0.3, 0.4) is 0 Å². The third kappa shape index (κ3) is 3.85. The molecule has 0 bridgehead atoms. The van der Waals surface area contributed by atoms with Crippen LogP contribution >= 0.6 is 11.8 Å². The first-order valence-electron chi connectivity index (χ1n) is 6.25. The standard InChI is InChI=1S/C14H15N3O3S/c1-8-11(13(19)17-14(20)15-8)7-12(18)16-9-3-5-10(21-2)6-4-9/h3-6H,7H2,1-2H3,(H,16,18)(H2,15,17,19,20). The van der Waals surface area contributed by atoms with E-state index in [9.17, 15) is 14.4 Å². The maximum atomic E-state index is 12.0. The van der Waals surface area contributed by atoms with Gasteiger partial charge >= 0.3 is 5.69 Å². The molecule has 0 aliphatic carbocycles. The summed E-state index contributed by atoms with van der Waals surface area (Å²) in [5.41, 5.74) is 0.208. The Labute approximate surface area is 125 Å². The molecule has 0 aliphatic rings. The molecule has 2 aromatic rings. The minimum Gasteiger partial charge on any atom is -0.326 e. The number of carbonyl (C=O) groups is 1. The highest BCUT2D eigenvalue weighted by molar-refractivity contribution is 7.98. The Morgan fingerprint density at radius 2 is 1.86 bits per heavy atom. The monoisotopic (exact) mass is 305 g/mol. The second kappa shape index (κ2) is 6.45. The van der Waals surface area contributed by atoms with E-state index >= 15 is 0 Å². The van der Waals surface area contributed by atoms with Crippen molar-refractivity contribution in [1.82, 2.24) is 9.97 Å². The van der Waals surface area contributed by atoms with Crippen LogP contribution in [0.4, 0.5) is 5.69 Å². The maximum absolute atomic E-state index is 12.0. The van der Waals surface area contributed by atoms with Gasteiger partial charge in [-0.2, -0.15) is 0 Å². The molecule has 0 unspecified atom stereocenters. The van der Waals surface area contributed by atoms with Gasteiger partial charge in [-0.25, -0.2) is 4.79 Å². The SMILES string of the molecule is CSc1ccc(NC(=O)Cc2c(C)[nH]c(=O)[nH]c2=O)cc1. The number of rotatable bonds is 4. The number of amides is 1. The van der Waals surface area contributed by atoms with Gasteiger partial charge in [0, 0.05) is 21.8 Å². The molecule has 0 atom stereocenters. The van der Waals surface area contributed by atoms with Crippen molar-refractivity contribution in [2.24, 2.45) is 0 Å². The van der Waals surface area contributed by atoms with Gasteiger partial charge in [-0.15, -0.1) is 11.8 Å².